The lowest BCUT2D eigenvalue weighted by Gasteiger charge is -2.10. The number of nitrogens with one attached hydrogen (secondary N) is 2. The number of hydrogen-bond acceptors (Lipinski definition) is 4. The number of nitrogens with zero attached hydrogens (tertiary/aromatic N) is 3. The van der Waals surface area contributed by atoms with Crippen LogP contribution in [0.1, 0.15) is 52.6 Å². The van der Waals surface area contributed by atoms with Crippen LogP contribution in [0, 0.1) is 6.92 Å². The molecule has 1 amide bonds. The van der Waals surface area contributed by atoms with E-state index in [1.54, 1.807) is 6.20 Å². The highest BCUT2D eigenvalue weighted by Gasteiger charge is 2.17. The molecule has 28 heavy (non-hydrogen) atoms. The second kappa shape index (κ2) is 8.90. The first kappa shape index (κ1) is 22.1. The Kier molecular flexibility index (Phi) is 7.04. The van der Waals surface area contributed by atoms with Crippen molar-refractivity contribution in [3.05, 3.63) is 58.4 Å². The van der Waals surface area contributed by atoms with E-state index in [0.29, 0.717) is 12.1 Å². The second-order valence-corrected chi connectivity index (χ2v) is 7.12. The van der Waals surface area contributed by atoms with Crippen LogP contribution in [-0.2, 0) is 19.6 Å². The number of fused-ring (bicyclic) bond motifs is 2. The number of aryl methyl sites for hydroxylation is 1. The summed E-state index contributed by atoms with van der Waals surface area (Å²) in [6.07, 6.45) is 1.73. The van der Waals surface area contributed by atoms with Crippen LogP contribution in [0.5, 0.6) is 0 Å². The first-order chi connectivity index (χ1) is 12.5. The summed E-state index contributed by atoms with van der Waals surface area (Å²) in [7, 11) is 0. The first-order valence-electron chi connectivity index (χ1n) is 8.97. The van der Waals surface area contributed by atoms with E-state index < -0.39 is 0 Å². The molecular weight excluding hydrogens is 397 g/mol. The molecule has 0 fully saturated rings. The molecule has 4 rings (SSSR count). The molecule has 0 atom stereocenters. The molecule has 3 aromatic rings. The van der Waals surface area contributed by atoms with Gasteiger partial charge in [0.15, 0.2) is 5.65 Å². The van der Waals surface area contributed by atoms with Crippen molar-refractivity contribution in [3.8, 4) is 0 Å². The lowest BCUT2D eigenvalue weighted by Crippen LogP contribution is -2.23. The summed E-state index contributed by atoms with van der Waals surface area (Å²) in [5, 5.41) is 11.6. The maximum absolute atomic E-state index is 12.8. The van der Waals surface area contributed by atoms with Crippen LogP contribution in [0.3, 0.4) is 0 Å². The Morgan fingerprint density at radius 2 is 1.96 bits per heavy atom. The second-order valence-electron chi connectivity index (χ2n) is 7.12. The summed E-state index contributed by atoms with van der Waals surface area (Å²) in [6.45, 7) is 8.35. The molecule has 0 aliphatic carbocycles. The fraction of sp³-hybridized carbons (Fsp3) is 0.350. The highest BCUT2D eigenvalue weighted by atomic mass is 35.5. The third-order valence-corrected chi connectivity index (χ3v) is 4.78. The molecule has 0 saturated heterocycles. The van der Waals surface area contributed by atoms with Crippen molar-refractivity contribution in [2.24, 2.45) is 0 Å². The Morgan fingerprint density at radius 1 is 1.21 bits per heavy atom. The summed E-state index contributed by atoms with van der Waals surface area (Å²) < 4.78 is 1.85. The molecule has 6 nitrogen and oxygen atoms in total. The van der Waals surface area contributed by atoms with E-state index in [1.807, 2.05) is 17.7 Å². The Labute approximate surface area is 176 Å². The molecule has 1 aliphatic rings. The van der Waals surface area contributed by atoms with Crippen LogP contribution < -0.4 is 10.6 Å². The summed E-state index contributed by atoms with van der Waals surface area (Å²) in [6, 6.07) is 8.41. The molecule has 0 spiro atoms. The zero-order valence-electron chi connectivity index (χ0n) is 16.2. The summed E-state index contributed by atoms with van der Waals surface area (Å²) >= 11 is 0. The van der Waals surface area contributed by atoms with Gasteiger partial charge in [0.25, 0.3) is 5.91 Å². The van der Waals surface area contributed by atoms with E-state index in [2.05, 4.69) is 52.8 Å². The third-order valence-electron chi connectivity index (χ3n) is 4.78. The molecule has 0 saturated carbocycles. The molecular formula is C20H25Cl2N5O. The molecule has 0 unspecified atom stereocenters. The Morgan fingerprint density at radius 3 is 2.71 bits per heavy atom. The Hall–Kier alpha value is -2.15. The van der Waals surface area contributed by atoms with Gasteiger partial charge >= 0.3 is 0 Å². The fourth-order valence-electron chi connectivity index (χ4n) is 3.44. The molecule has 8 heteroatoms. The zero-order valence-corrected chi connectivity index (χ0v) is 17.8. The van der Waals surface area contributed by atoms with E-state index in [1.165, 1.54) is 11.1 Å². The summed E-state index contributed by atoms with van der Waals surface area (Å²) in [5.74, 6) is -0.0950. The minimum absolute atomic E-state index is 0. The average Bonchev–Trinajstić information content (AvgIpc) is 3.24. The number of halogens is 2. The van der Waals surface area contributed by atoms with Gasteiger partial charge in [-0.2, -0.15) is 5.10 Å². The summed E-state index contributed by atoms with van der Waals surface area (Å²) in [4.78, 5) is 17.4. The van der Waals surface area contributed by atoms with Gasteiger partial charge in [-0.3, -0.25) is 4.79 Å². The Balaban J connectivity index is 0.00000140. The first-order valence-corrected chi connectivity index (χ1v) is 8.97. The smallest absolute Gasteiger partial charge is 0.252 e. The van der Waals surface area contributed by atoms with Crippen LogP contribution in [0.2, 0.25) is 0 Å². The van der Waals surface area contributed by atoms with Crippen molar-refractivity contribution < 1.29 is 4.79 Å². The fourth-order valence-corrected chi connectivity index (χ4v) is 3.44. The van der Waals surface area contributed by atoms with Crippen LogP contribution in [0.25, 0.3) is 11.0 Å². The van der Waals surface area contributed by atoms with E-state index in [9.17, 15) is 4.79 Å². The van der Waals surface area contributed by atoms with Gasteiger partial charge < -0.3 is 10.6 Å². The van der Waals surface area contributed by atoms with E-state index in [-0.39, 0.29) is 36.8 Å². The lowest BCUT2D eigenvalue weighted by molar-refractivity contribution is 0.0952. The van der Waals surface area contributed by atoms with Crippen molar-refractivity contribution in [1.29, 1.82) is 0 Å². The molecule has 2 aromatic heterocycles. The lowest BCUT2D eigenvalue weighted by atomic mass is 10.1. The van der Waals surface area contributed by atoms with Gasteiger partial charge in [-0.15, -0.1) is 24.8 Å². The number of pyridine rings is 1. The molecule has 2 N–H and O–H groups in total. The van der Waals surface area contributed by atoms with Crippen molar-refractivity contribution in [1.82, 2.24) is 25.4 Å². The maximum atomic E-state index is 12.8. The topological polar surface area (TPSA) is 71.8 Å². The van der Waals surface area contributed by atoms with Crippen LogP contribution >= 0.6 is 24.8 Å². The van der Waals surface area contributed by atoms with Gasteiger partial charge in [0.2, 0.25) is 0 Å². The third kappa shape index (κ3) is 4.14. The van der Waals surface area contributed by atoms with Crippen molar-refractivity contribution in [2.75, 3.05) is 0 Å². The molecule has 1 aliphatic heterocycles. The van der Waals surface area contributed by atoms with Crippen molar-refractivity contribution in [3.63, 3.8) is 0 Å². The van der Waals surface area contributed by atoms with E-state index >= 15 is 0 Å². The molecule has 150 valence electrons. The summed E-state index contributed by atoms with van der Waals surface area (Å²) in [5.41, 5.74) is 5.97. The number of carbonyl (C=O) groups excluding carboxylic acids is 1. The number of carbonyl (C=O) groups is 1. The monoisotopic (exact) mass is 421 g/mol. The van der Waals surface area contributed by atoms with Gasteiger partial charge in [-0.25, -0.2) is 9.67 Å². The molecule has 0 radical (unpaired) electrons. The number of amides is 1. The zero-order chi connectivity index (χ0) is 18.3. The van der Waals surface area contributed by atoms with E-state index in [0.717, 1.165) is 35.4 Å². The normalized spacial score (nSPS) is 12.4. The molecule has 1 aromatic carbocycles. The van der Waals surface area contributed by atoms with Crippen LogP contribution in [0.4, 0.5) is 0 Å². The predicted octanol–water partition coefficient (Wildman–Crippen LogP) is 3.70. The standard InChI is InChI=1S/C20H23N5O.2ClH/c1-12(2)25-19-18(11-23-25)17(6-13(3)24-19)20(26)22-8-14-4-5-15-9-21-10-16(15)7-14;;/h4-7,11-12,21H,8-10H2,1-3H3,(H,22,26);2*1H. The minimum Gasteiger partial charge on any atom is -0.348 e. The molecule has 3 heterocycles. The van der Waals surface area contributed by atoms with Gasteiger partial charge in [0.1, 0.15) is 0 Å². The number of hydrogen-bond donors (Lipinski definition) is 2. The Bertz CT molecular complexity index is 1000. The largest absolute Gasteiger partial charge is 0.348 e. The van der Waals surface area contributed by atoms with Gasteiger partial charge in [-0.05, 0) is 43.5 Å². The van der Waals surface area contributed by atoms with Crippen LogP contribution in [-0.4, -0.2) is 20.7 Å². The van der Waals surface area contributed by atoms with Crippen molar-refractivity contribution in [2.45, 2.75) is 46.4 Å². The highest BCUT2D eigenvalue weighted by Crippen LogP contribution is 2.21. The van der Waals surface area contributed by atoms with Gasteiger partial charge in [0, 0.05) is 31.4 Å². The predicted molar refractivity (Wildman–Crippen MR) is 115 cm³/mol. The van der Waals surface area contributed by atoms with Gasteiger partial charge in [-0.1, -0.05) is 18.2 Å². The van der Waals surface area contributed by atoms with E-state index in [4.69, 9.17) is 0 Å². The average molecular weight is 422 g/mol. The number of rotatable bonds is 4. The van der Waals surface area contributed by atoms with Gasteiger partial charge in [0.05, 0.1) is 17.1 Å². The van der Waals surface area contributed by atoms with Crippen LogP contribution in [0.15, 0.2) is 30.5 Å². The minimum atomic E-state index is -0.0950. The number of benzene rings is 1. The maximum Gasteiger partial charge on any atom is 0.252 e. The number of aromatic nitrogens is 3. The molecule has 0 bridgehead atoms. The van der Waals surface area contributed by atoms with Crippen molar-refractivity contribution >= 4 is 41.8 Å². The quantitative estimate of drug-likeness (QED) is 0.673. The highest BCUT2D eigenvalue weighted by molar-refractivity contribution is 6.05. The SMILES string of the molecule is Cc1cc(C(=O)NCc2ccc3c(c2)CNC3)c2cnn(C(C)C)c2n1.Cl.Cl.